The molecule has 1 aliphatic rings. The van der Waals surface area contributed by atoms with Crippen LogP contribution in [-0.2, 0) is 9.53 Å². The van der Waals surface area contributed by atoms with Gasteiger partial charge in [-0.2, -0.15) is 9.97 Å². The van der Waals surface area contributed by atoms with Crippen LogP contribution in [0.4, 0.5) is 16.6 Å². The number of ether oxygens (including phenoxy) is 3. The maximum atomic E-state index is 12.1. The topological polar surface area (TPSA) is 170 Å². The number of amides is 1. The Morgan fingerprint density at radius 3 is 2.79 bits per heavy atom. The van der Waals surface area contributed by atoms with Gasteiger partial charge < -0.3 is 31.0 Å². The van der Waals surface area contributed by atoms with Crippen molar-refractivity contribution >= 4 is 41.2 Å². The van der Waals surface area contributed by atoms with Crippen molar-refractivity contribution in [1.29, 1.82) is 0 Å². The zero-order valence-electron chi connectivity index (χ0n) is 18.0. The highest BCUT2D eigenvalue weighted by atomic mass is 16.6. The summed E-state index contributed by atoms with van der Waals surface area (Å²) < 4.78 is 17.5. The molecule has 2 unspecified atom stereocenters. The molecule has 2 atom stereocenters. The Labute approximate surface area is 188 Å². The van der Waals surface area contributed by atoms with E-state index < -0.39 is 18.1 Å². The van der Waals surface area contributed by atoms with Crippen LogP contribution in [0.25, 0.3) is 17.4 Å². The summed E-state index contributed by atoms with van der Waals surface area (Å²) in [5.74, 6) is 0.559. The molecule has 3 aromatic rings. The minimum Gasteiger partial charge on any atom is -0.489 e. The summed E-state index contributed by atoms with van der Waals surface area (Å²) in [7, 11) is 1.24. The lowest BCUT2D eigenvalue weighted by Crippen LogP contribution is -2.40. The van der Waals surface area contributed by atoms with Crippen LogP contribution >= 0.6 is 0 Å². The number of hydrogen-bond donors (Lipinski definition) is 3. The van der Waals surface area contributed by atoms with Crippen LogP contribution < -0.4 is 26.3 Å². The van der Waals surface area contributed by atoms with Crippen molar-refractivity contribution in [3.8, 4) is 11.5 Å². The minimum absolute atomic E-state index is 0.0810. The van der Waals surface area contributed by atoms with E-state index in [1.54, 1.807) is 35.2 Å². The van der Waals surface area contributed by atoms with E-state index in [1.165, 1.54) is 14.0 Å². The second-order valence-electron chi connectivity index (χ2n) is 7.43. The van der Waals surface area contributed by atoms with E-state index in [2.05, 4.69) is 25.0 Å². The number of rotatable bonds is 7. The first-order valence-electron chi connectivity index (χ1n) is 10.1. The number of hydrogen-bond acceptors (Lipinski definition) is 10. The van der Waals surface area contributed by atoms with Gasteiger partial charge in [-0.05, 0) is 31.1 Å². The lowest BCUT2D eigenvalue weighted by atomic mass is 10.3. The Morgan fingerprint density at radius 2 is 2.03 bits per heavy atom. The molecule has 1 aliphatic carbocycles. The molecule has 4 rings (SSSR count). The third-order valence-electron chi connectivity index (χ3n) is 5.00. The molecule has 5 N–H and O–H groups in total. The first-order valence-corrected chi connectivity index (χ1v) is 10.1. The number of carbonyl (C=O) groups excluding carboxylic acids is 2. The van der Waals surface area contributed by atoms with Gasteiger partial charge in [0.2, 0.25) is 5.95 Å². The van der Waals surface area contributed by atoms with Crippen LogP contribution in [0.2, 0.25) is 0 Å². The second-order valence-corrected chi connectivity index (χ2v) is 7.43. The molecule has 0 spiro atoms. The maximum Gasteiger partial charge on any atom is 0.413 e. The number of nitrogens with zero attached hydrogens (tertiary/aromatic N) is 4. The van der Waals surface area contributed by atoms with Crippen LogP contribution in [0, 0.1) is 5.92 Å². The van der Waals surface area contributed by atoms with Gasteiger partial charge >= 0.3 is 12.1 Å². The molecule has 12 heteroatoms. The molecule has 0 bridgehead atoms. The van der Waals surface area contributed by atoms with E-state index in [0.717, 1.165) is 12.0 Å². The lowest BCUT2D eigenvalue weighted by molar-refractivity contribution is -0.142. The molecule has 2 aromatic heterocycles. The molecule has 33 heavy (non-hydrogen) atoms. The standard InChI is InChI=1S/C21H23N7O5/c1-11(19(29)31-2)25-21(30)33-15-6-4-3-5-14(15)32-9-13-7-12(13)8-28-10-24-16-17(22)26-20(23)27-18(16)28/h3-6,8,10-11,13H,7,9H2,1-2H3,(H,25,30)(H4,22,23,26,27)/b12-8-. The number of benzene rings is 1. The molecular formula is C21H23N7O5. The third-order valence-corrected chi connectivity index (χ3v) is 5.00. The minimum atomic E-state index is -0.843. The van der Waals surface area contributed by atoms with Crippen molar-refractivity contribution in [2.45, 2.75) is 19.4 Å². The van der Waals surface area contributed by atoms with Gasteiger partial charge in [-0.25, -0.2) is 14.6 Å². The average Bonchev–Trinajstić information content (AvgIpc) is 3.40. The first-order chi connectivity index (χ1) is 15.9. The van der Waals surface area contributed by atoms with Crippen molar-refractivity contribution in [3.63, 3.8) is 0 Å². The third kappa shape index (κ3) is 4.95. The van der Waals surface area contributed by atoms with Gasteiger partial charge in [-0.1, -0.05) is 12.1 Å². The molecule has 0 saturated heterocycles. The van der Waals surface area contributed by atoms with E-state index >= 15 is 0 Å². The van der Waals surface area contributed by atoms with Gasteiger partial charge in [0, 0.05) is 12.1 Å². The fourth-order valence-corrected chi connectivity index (χ4v) is 3.16. The second kappa shape index (κ2) is 9.02. The number of anilines is 2. The van der Waals surface area contributed by atoms with Gasteiger partial charge in [-0.3, -0.25) is 4.57 Å². The zero-order chi connectivity index (χ0) is 23.5. The van der Waals surface area contributed by atoms with E-state index in [9.17, 15) is 9.59 Å². The smallest absolute Gasteiger partial charge is 0.413 e. The van der Waals surface area contributed by atoms with Gasteiger partial charge in [0.15, 0.2) is 28.5 Å². The van der Waals surface area contributed by atoms with Gasteiger partial charge in [0.1, 0.15) is 12.4 Å². The number of nitrogens with one attached hydrogen (secondary N) is 1. The van der Waals surface area contributed by atoms with Crippen LogP contribution in [0.3, 0.4) is 0 Å². The Bertz CT molecular complexity index is 1240. The maximum absolute atomic E-state index is 12.1. The van der Waals surface area contributed by atoms with Crippen LogP contribution in [0.5, 0.6) is 11.5 Å². The summed E-state index contributed by atoms with van der Waals surface area (Å²) in [5, 5.41) is 2.40. The molecule has 1 saturated carbocycles. The number of fused-ring (bicyclic) bond motifs is 1. The SMILES string of the molecule is COC(=O)C(C)NC(=O)Oc1ccccc1OCC1C/C1=C/n1cnc2c(N)nc(N)nc21. The molecule has 1 amide bonds. The number of para-hydroxylation sites is 2. The number of esters is 1. The highest BCUT2D eigenvalue weighted by molar-refractivity contribution is 5.84. The zero-order valence-corrected chi connectivity index (χ0v) is 18.0. The average molecular weight is 453 g/mol. The van der Waals surface area contributed by atoms with Gasteiger partial charge in [0.05, 0.1) is 13.7 Å². The normalized spacial score (nSPS) is 16.9. The fraction of sp³-hybridized carbons (Fsp3) is 0.286. The summed E-state index contributed by atoms with van der Waals surface area (Å²) >= 11 is 0. The molecular weight excluding hydrogens is 430 g/mol. The fourth-order valence-electron chi connectivity index (χ4n) is 3.16. The number of nitrogens with two attached hydrogens (primary N) is 2. The molecule has 0 radical (unpaired) electrons. The monoisotopic (exact) mass is 453 g/mol. The van der Waals surface area contributed by atoms with Crippen molar-refractivity contribution in [2.24, 2.45) is 5.92 Å². The largest absolute Gasteiger partial charge is 0.489 e. The highest BCUT2D eigenvalue weighted by Crippen LogP contribution is 2.40. The summed E-state index contributed by atoms with van der Waals surface area (Å²) in [6, 6.07) is 5.94. The number of carbonyl (C=O) groups is 2. The molecule has 1 aromatic carbocycles. The number of nitrogen functional groups attached to an aromatic ring is 2. The lowest BCUT2D eigenvalue weighted by Gasteiger charge is -2.14. The summed E-state index contributed by atoms with van der Waals surface area (Å²) in [6.45, 7) is 1.88. The summed E-state index contributed by atoms with van der Waals surface area (Å²) in [5.41, 5.74) is 13.7. The van der Waals surface area contributed by atoms with Crippen molar-refractivity contribution in [2.75, 3.05) is 25.2 Å². The Kier molecular flexibility index (Phi) is 5.98. The van der Waals surface area contributed by atoms with E-state index in [4.69, 9.17) is 20.9 Å². The molecule has 1 fully saturated rings. The predicted octanol–water partition coefficient (Wildman–Crippen LogP) is 1.58. The molecule has 172 valence electrons. The van der Waals surface area contributed by atoms with Crippen LogP contribution in [0.15, 0.2) is 36.2 Å². The van der Waals surface area contributed by atoms with Gasteiger partial charge in [0.25, 0.3) is 0 Å². The quantitative estimate of drug-likeness (QED) is 0.446. The van der Waals surface area contributed by atoms with E-state index in [1.807, 2.05) is 6.20 Å². The van der Waals surface area contributed by atoms with Crippen LogP contribution in [-0.4, -0.2) is 51.3 Å². The highest BCUT2D eigenvalue weighted by Gasteiger charge is 2.31. The van der Waals surface area contributed by atoms with Crippen molar-refractivity contribution in [1.82, 2.24) is 24.8 Å². The molecule has 12 nitrogen and oxygen atoms in total. The number of imidazole rings is 1. The predicted molar refractivity (Wildman–Crippen MR) is 119 cm³/mol. The molecule has 0 aliphatic heterocycles. The van der Waals surface area contributed by atoms with E-state index in [-0.39, 0.29) is 23.4 Å². The van der Waals surface area contributed by atoms with Crippen molar-refractivity contribution in [3.05, 3.63) is 36.2 Å². The number of aromatic nitrogens is 4. The Morgan fingerprint density at radius 1 is 1.27 bits per heavy atom. The van der Waals surface area contributed by atoms with Crippen molar-refractivity contribution < 1.29 is 23.8 Å². The first kappa shape index (κ1) is 21.9. The van der Waals surface area contributed by atoms with Gasteiger partial charge in [-0.15, -0.1) is 0 Å². The van der Waals surface area contributed by atoms with Crippen LogP contribution in [0.1, 0.15) is 13.3 Å². The number of methoxy groups -OCH3 is 1. The molecule has 2 heterocycles. The summed E-state index contributed by atoms with van der Waals surface area (Å²) in [4.78, 5) is 35.9. The Balaban J connectivity index is 1.37. The van der Waals surface area contributed by atoms with E-state index in [0.29, 0.717) is 23.5 Å². The summed E-state index contributed by atoms with van der Waals surface area (Å²) in [6.07, 6.45) is 3.56. The Hall–Kier alpha value is -4.35.